The van der Waals surface area contributed by atoms with Gasteiger partial charge in [-0.25, -0.2) is 4.79 Å². The minimum Gasteiger partial charge on any atom is -0.480 e. The van der Waals surface area contributed by atoms with Gasteiger partial charge in [0.1, 0.15) is 6.04 Å². The summed E-state index contributed by atoms with van der Waals surface area (Å²) in [6.45, 7) is 0. The zero-order valence-corrected chi connectivity index (χ0v) is 13.1. The van der Waals surface area contributed by atoms with Gasteiger partial charge in [-0.3, -0.25) is 4.79 Å². The SMILES string of the molecule is O=C(NC(C(=O)O)C1CC1)c1cc(I)ccc1Br. The van der Waals surface area contributed by atoms with E-state index in [1.807, 2.05) is 6.07 Å². The van der Waals surface area contributed by atoms with Gasteiger partial charge < -0.3 is 10.4 Å². The Labute approximate surface area is 126 Å². The van der Waals surface area contributed by atoms with E-state index in [1.54, 1.807) is 12.1 Å². The van der Waals surface area contributed by atoms with E-state index in [9.17, 15) is 9.59 Å². The van der Waals surface area contributed by atoms with Gasteiger partial charge >= 0.3 is 5.97 Å². The van der Waals surface area contributed by atoms with Crippen molar-refractivity contribution in [1.82, 2.24) is 5.32 Å². The van der Waals surface area contributed by atoms with Crippen molar-refractivity contribution in [2.75, 3.05) is 0 Å². The van der Waals surface area contributed by atoms with Crippen LogP contribution in [0.2, 0.25) is 0 Å². The lowest BCUT2D eigenvalue weighted by Crippen LogP contribution is -2.42. The standard InChI is InChI=1S/C12H11BrINO3/c13-9-4-3-7(14)5-8(9)11(16)15-10(12(17)18)6-1-2-6/h3-6,10H,1-2H2,(H,15,16)(H,17,18). The second kappa shape index (κ2) is 5.56. The number of carbonyl (C=O) groups excluding carboxylic acids is 1. The summed E-state index contributed by atoms with van der Waals surface area (Å²) in [6.07, 6.45) is 1.73. The van der Waals surface area contributed by atoms with Gasteiger partial charge in [-0.05, 0) is 75.5 Å². The number of amides is 1. The normalized spacial score (nSPS) is 16.1. The molecule has 1 amide bonds. The second-order valence-corrected chi connectivity index (χ2v) is 6.35. The molecule has 1 fully saturated rings. The van der Waals surface area contributed by atoms with E-state index in [0.29, 0.717) is 10.0 Å². The Hall–Kier alpha value is -0.630. The van der Waals surface area contributed by atoms with E-state index in [-0.39, 0.29) is 11.8 Å². The Morgan fingerprint density at radius 1 is 1.44 bits per heavy atom. The molecule has 6 heteroatoms. The lowest BCUT2D eigenvalue weighted by atomic mass is 10.1. The number of aliphatic carboxylic acids is 1. The quantitative estimate of drug-likeness (QED) is 0.731. The van der Waals surface area contributed by atoms with Crippen molar-refractivity contribution >= 4 is 50.4 Å². The highest BCUT2D eigenvalue weighted by Crippen LogP contribution is 2.33. The molecule has 2 rings (SSSR count). The number of halogens is 2. The van der Waals surface area contributed by atoms with E-state index < -0.39 is 12.0 Å². The summed E-state index contributed by atoms with van der Waals surface area (Å²) in [6, 6.07) is 4.61. The third-order valence-corrected chi connectivity index (χ3v) is 4.18. The summed E-state index contributed by atoms with van der Waals surface area (Å²) in [5.74, 6) is -1.24. The average molecular weight is 424 g/mol. The smallest absolute Gasteiger partial charge is 0.326 e. The van der Waals surface area contributed by atoms with E-state index in [2.05, 4.69) is 43.8 Å². The van der Waals surface area contributed by atoms with Crippen LogP contribution in [0.3, 0.4) is 0 Å². The summed E-state index contributed by atoms with van der Waals surface area (Å²) >= 11 is 5.41. The van der Waals surface area contributed by atoms with Gasteiger partial charge in [0.25, 0.3) is 5.91 Å². The van der Waals surface area contributed by atoms with Crippen LogP contribution >= 0.6 is 38.5 Å². The van der Waals surface area contributed by atoms with Crippen molar-refractivity contribution in [3.63, 3.8) is 0 Å². The van der Waals surface area contributed by atoms with Crippen LogP contribution in [-0.4, -0.2) is 23.0 Å². The third kappa shape index (κ3) is 3.23. The molecule has 1 aromatic rings. The summed E-state index contributed by atoms with van der Waals surface area (Å²) in [5, 5.41) is 11.7. The molecule has 1 saturated carbocycles. The van der Waals surface area contributed by atoms with Gasteiger partial charge in [0.15, 0.2) is 0 Å². The van der Waals surface area contributed by atoms with E-state index >= 15 is 0 Å². The molecule has 18 heavy (non-hydrogen) atoms. The number of benzene rings is 1. The van der Waals surface area contributed by atoms with Crippen molar-refractivity contribution in [3.05, 3.63) is 31.8 Å². The molecular formula is C12H11BrINO3. The molecule has 1 aliphatic rings. The van der Waals surface area contributed by atoms with Crippen molar-refractivity contribution in [2.45, 2.75) is 18.9 Å². The molecular weight excluding hydrogens is 413 g/mol. The van der Waals surface area contributed by atoms with Crippen LogP contribution in [0.25, 0.3) is 0 Å². The van der Waals surface area contributed by atoms with Crippen LogP contribution in [0, 0.1) is 9.49 Å². The Kier molecular flexibility index (Phi) is 4.26. The second-order valence-electron chi connectivity index (χ2n) is 4.25. The molecule has 0 bridgehead atoms. The zero-order valence-electron chi connectivity index (χ0n) is 9.32. The minimum absolute atomic E-state index is 0.0769. The Morgan fingerprint density at radius 3 is 2.67 bits per heavy atom. The van der Waals surface area contributed by atoms with Gasteiger partial charge in [0.05, 0.1) is 5.56 Å². The number of hydrogen-bond acceptors (Lipinski definition) is 2. The molecule has 2 N–H and O–H groups in total. The lowest BCUT2D eigenvalue weighted by Gasteiger charge is -2.14. The fraction of sp³-hybridized carbons (Fsp3) is 0.333. The molecule has 1 atom stereocenters. The first-order valence-corrected chi connectivity index (χ1v) is 7.35. The molecule has 0 heterocycles. The van der Waals surface area contributed by atoms with Crippen LogP contribution in [-0.2, 0) is 4.79 Å². The van der Waals surface area contributed by atoms with Gasteiger partial charge in [0.2, 0.25) is 0 Å². The number of nitrogens with one attached hydrogen (secondary N) is 1. The molecule has 96 valence electrons. The molecule has 0 aromatic heterocycles. The fourth-order valence-electron chi connectivity index (χ4n) is 1.70. The average Bonchev–Trinajstić information content (AvgIpc) is 3.12. The third-order valence-electron chi connectivity index (χ3n) is 2.82. The van der Waals surface area contributed by atoms with Crippen LogP contribution < -0.4 is 5.32 Å². The molecule has 0 radical (unpaired) electrons. The highest BCUT2D eigenvalue weighted by molar-refractivity contribution is 14.1. The molecule has 0 saturated heterocycles. The van der Waals surface area contributed by atoms with Crippen molar-refractivity contribution in [3.8, 4) is 0 Å². The predicted molar refractivity (Wildman–Crippen MR) is 78.5 cm³/mol. The minimum atomic E-state index is -0.965. The number of rotatable bonds is 4. The van der Waals surface area contributed by atoms with Crippen LogP contribution in [0.4, 0.5) is 0 Å². The Balaban J connectivity index is 2.15. The first-order chi connectivity index (χ1) is 8.49. The topological polar surface area (TPSA) is 66.4 Å². The first-order valence-electron chi connectivity index (χ1n) is 5.48. The highest BCUT2D eigenvalue weighted by Gasteiger charge is 2.37. The van der Waals surface area contributed by atoms with Gasteiger partial charge in [-0.15, -0.1) is 0 Å². The fourth-order valence-corrected chi connectivity index (χ4v) is 2.62. The molecule has 1 aliphatic carbocycles. The summed E-state index contributed by atoms with van der Waals surface area (Å²) in [4.78, 5) is 23.1. The Bertz CT molecular complexity index is 502. The molecule has 0 aliphatic heterocycles. The maximum Gasteiger partial charge on any atom is 0.326 e. The van der Waals surface area contributed by atoms with Crippen molar-refractivity contribution < 1.29 is 14.7 Å². The zero-order chi connectivity index (χ0) is 13.3. The number of carboxylic acids is 1. The monoisotopic (exact) mass is 423 g/mol. The first kappa shape index (κ1) is 13.8. The molecule has 4 nitrogen and oxygen atoms in total. The van der Waals surface area contributed by atoms with Crippen LogP contribution in [0.1, 0.15) is 23.2 Å². The summed E-state index contributed by atoms with van der Waals surface area (Å²) in [5.41, 5.74) is 0.466. The van der Waals surface area contributed by atoms with Crippen LogP contribution in [0.5, 0.6) is 0 Å². The Morgan fingerprint density at radius 2 is 2.11 bits per heavy atom. The predicted octanol–water partition coefficient (Wildman–Crippen LogP) is 2.65. The van der Waals surface area contributed by atoms with E-state index in [4.69, 9.17) is 5.11 Å². The maximum absolute atomic E-state index is 12.1. The van der Waals surface area contributed by atoms with Crippen molar-refractivity contribution in [1.29, 1.82) is 0 Å². The molecule has 0 spiro atoms. The lowest BCUT2D eigenvalue weighted by molar-refractivity contribution is -0.139. The van der Waals surface area contributed by atoms with Gasteiger partial charge in [-0.2, -0.15) is 0 Å². The number of carboxylic acid groups (broad SMARTS) is 1. The van der Waals surface area contributed by atoms with Gasteiger partial charge in [-0.1, -0.05) is 0 Å². The largest absolute Gasteiger partial charge is 0.480 e. The van der Waals surface area contributed by atoms with E-state index in [1.165, 1.54) is 0 Å². The summed E-state index contributed by atoms with van der Waals surface area (Å²) in [7, 11) is 0. The number of hydrogen-bond donors (Lipinski definition) is 2. The maximum atomic E-state index is 12.1. The van der Waals surface area contributed by atoms with E-state index in [0.717, 1.165) is 16.4 Å². The van der Waals surface area contributed by atoms with Crippen molar-refractivity contribution in [2.24, 2.45) is 5.92 Å². The van der Waals surface area contributed by atoms with Crippen LogP contribution in [0.15, 0.2) is 22.7 Å². The highest BCUT2D eigenvalue weighted by atomic mass is 127. The van der Waals surface area contributed by atoms with Gasteiger partial charge in [0, 0.05) is 8.04 Å². The summed E-state index contributed by atoms with van der Waals surface area (Å²) < 4.78 is 1.60. The molecule has 1 unspecified atom stereocenters. The molecule has 1 aromatic carbocycles. The number of carbonyl (C=O) groups is 2.